The van der Waals surface area contributed by atoms with Crippen LogP contribution in [0.25, 0.3) is 0 Å². The third-order valence-corrected chi connectivity index (χ3v) is 4.06. The summed E-state index contributed by atoms with van der Waals surface area (Å²) in [5.74, 6) is -0.178. The zero-order valence-corrected chi connectivity index (χ0v) is 10.1. The van der Waals surface area contributed by atoms with Crippen LogP contribution < -0.4 is 0 Å². The third kappa shape index (κ3) is 9.57. The molecule has 0 radical (unpaired) electrons. The highest BCUT2D eigenvalue weighted by Crippen LogP contribution is 2.11. The van der Waals surface area contributed by atoms with Crippen LogP contribution in [0.5, 0.6) is 0 Å². The Bertz CT molecular complexity index is 218. The Balaban J connectivity index is 0.000000226. The predicted octanol–water partition coefficient (Wildman–Crippen LogP) is 4.28. The topological polar surface area (TPSA) is 0 Å². The van der Waals surface area contributed by atoms with Crippen LogP contribution in [0.1, 0.15) is 6.92 Å². The quantitative estimate of drug-likeness (QED) is 0.488. The lowest BCUT2D eigenvalue weighted by atomic mass is 10.4. The number of hydrogen-bond acceptors (Lipinski definition) is 0. The van der Waals surface area contributed by atoms with E-state index < -0.39 is 7.38 Å². The van der Waals surface area contributed by atoms with Crippen molar-refractivity contribution >= 4 is 18.5 Å². The van der Waals surface area contributed by atoms with E-state index in [-0.39, 0.29) is 5.82 Å². The summed E-state index contributed by atoms with van der Waals surface area (Å²) >= 11 is 5.86. The van der Waals surface area contributed by atoms with E-state index in [2.05, 4.69) is 20.0 Å². The largest absolute Gasteiger partial charge is 0.207 e. The molecule has 0 spiro atoms. The van der Waals surface area contributed by atoms with Crippen LogP contribution in [-0.4, -0.2) is 7.38 Å². The van der Waals surface area contributed by atoms with Gasteiger partial charge in [0, 0.05) is 0 Å². The highest BCUT2D eigenvalue weighted by molar-refractivity contribution is 7.19. The Hall–Kier alpha value is -0.343. The van der Waals surface area contributed by atoms with Gasteiger partial charge in [-0.15, -0.1) is 0 Å². The van der Waals surface area contributed by atoms with Gasteiger partial charge in [0.2, 0.25) is 0 Å². The van der Waals surface area contributed by atoms with Crippen molar-refractivity contribution in [2.24, 2.45) is 0 Å². The van der Waals surface area contributed by atoms with Gasteiger partial charge in [0.25, 0.3) is 0 Å². The predicted molar refractivity (Wildman–Crippen MR) is 60.2 cm³/mol. The van der Waals surface area contributed by atoms with Crippen molar-refractivity contribution in [3.63, 3.8) is 0 Å². The minimum Gasteiger partial charge on any atom is -0.207 e. The van der Waals surface area contributed by atoms with Crippen molar-refractivity contribution < 1.29 is 4.39 Å². The van der Waals surface area contributed by atoms with Gasteiger partial charge in [0.1, 0.15) is 13.2 Å². The van der Waals surface area contributed by atoms with E-state index in [0.717, 1.165) is 0 Å². The molecular weight excluding hydrogens is 203 g/mol. The summed E-state index contributed by atoms with van der Waals surface area (Å²) in [5.41, 5.74) is 0. The number of hydrogen-bond donors (Lipinski definition) is 0. The Morgan fingerprint density at radius 2 is 1.62 bits per heavy atom. The van der Waals surface area contributed by atoms with Gasteiger partial charge in [-0.3, -0.25) is 0 Å². The first-order valence-corrected chi connectivity index (χ1v) is 8.57. The van der Waals surface area contributed by atoms with Crippen LogP contribution in [0.4, 0.5) is 4.39 Å². The zero-order chi connectivity index (χ0) is 10.3. The molecule has 0 aromatic heterocycles. The maximum atomic E-state index is 11.9. The highest BCUT2D eigenvalue weighted by Gasteiger charge is 2.11. The lowest BCUT2D eigenvalue weighted by Crippen LogP contribution is -2.12. The van der Waals surface area contributed by atoms with Crippen LogP contribution in [0.2, 0.25) is 19.1 Å². The molecule has 0 unspecified atom stereocenters. The van der Waals surface area contributed by atoms with E-state index in [4.69, 9.17) is 11.1 Å². The van der Waals surface area contributed by atoms with Crippen LogP contribution in [0.3, 0.4) is 0 Å². The molecule has 0 heterocycles. The van der Waals surface area contributed by atoms with Gasteiger partial charge in [0.05, 0.1) is 0 Å². The molecule has 3 heteroatoms. The minimum atomic E-state index is -1.16. The Morgan fingerprint density at radius 3 is 1.77 bits per heavy atom. The van der Waals surface area contributed by atoms with E-state index in [0.29, 0.717) is 0 Å². The van der Waals surface area contributed by atoms with Crippen LogP contribution in [-0.2, 0) is 0 Å². The molecule has 0 saturated heterocycles. The van der Waals surface area contributed by atoms with Gasteiger partial charge in [0.15, 0.2) is 0 Å². The van der Waals surface area contributed by atoms with Crippen LogP contribution in [0, 0.1) is 5.82 Å². The molecule has 13 heavy (non-hydrogen) atoms. The molecule has 0 aliphatic rings. The molecule has 1 rings (SSSR count). The number of benzene rings is 1. The summed E-state index contributed by atoms with van der Waals surface area (Å²) in [6, 6.07) is 9.11. The summed E-state index contributed by atoms with van der Waals surface area (Å²) in [6.45, 7) is 6.43. The summed E-state index contributed by atoms with van der Waals surface area (Å²) in [4.78, 5) is 0. The lowest BCUT2D eigenvalue weighted by molar-refractivity contribution is 0.628. The molecule has 0 atom stereocenters. The third-order valence-electron chi connectivity index (χ3n) is 1.57. The van der Waals surface area contributed by atoms with Gasteiger partial charge in [-0.05, 0) is 18.2 Å². The molecular formula is C10H16ClFSi. The molecule has 1 aromatic rings. The number of halogens is 2. The minimum absolute atomic E-state index is 0.178. The maximum Gasteiger partial charge on any atom is 0.150 e. The fourth-order valence-electron chi connectivity index (χ4n) is 0.415. The molecule has 0 fully saturated rings. The van der Waals surface area contributed by atoms with Crippen LogP contribution in [0.15, 0.2) is 30.3 Å². The van der Waals surface area contributed by atoms with E-state index in [1.165, 1.54) is 18.2 Å². The fraction of sp³-hybridized carbons (Fsp3) is 0.400. The van der Waals surface area contributed by atoms with Gasteiger partial charge in [-0.1, -0.05) is 38.2 Å². The molecule has 0 N–H and O–H groups in total. The van der Waals surface area contributed by atoms with Crippen molar-refractivity contribution in [3.05, 3.63) is 36.1 Å². The second-order valence-corrected chi connectivity index (χ2v) is 10.6. The molecule has 0 aliphatic heterocycles. The maximum absolute atomic E-state index is 11.9. The van der Waals surface area contributed by atoms with Gasteiger partial charge in [-0.25, -0.2) is 4.39 Å². The van der Waals surface area contributed by atoms with E-state index in [9.17, 15) is 4.39 Å². The van der Waals surface area contributed by atoms with Gasteiger partial charge < -0.3 is 0 Å². The number of rotatable bonds is 1. The normalized spacial score (nSPS) is 10.2. The average molecular weight is 219 g/mol. The van der Waals surface area contributed by atoms with Crippen LogP contribution >= 0.6 is 11.1 Å². The first kappa shape index (κ1) is 12.7. The first-order valence-electron chi connectivity index (χ1n) is 4.35. The summed E-state index contributed by atoms with van der Waals surface area (Å²) in [7, 11) is -1.16. The van der Waals surface area contributed by atoms with Crippen molar-refractivity contribution in [2.45, 2.75) is 26.1 Å². The molecule has 0 nitrogen and oxygen atoms in total. The Kier molecular flexibility index (Phi) is 6.00. The molecule has 0 amide bonds. The summed E-state index contributed by atoms with van der Waals surface area (Å²) in [6.07, 6.45) is 0. The fourth-order valence-corrected chi connectivity index (χ4v) is 0.415. The molecule has 0 saturated carbocycles. The Labute approximate surface area is 85.5 Å². The molecule has 0 bridgehead atoms. The zero-order valence-electron chi connectivity index (χ0n) is 8.35. The first-order chi connectivity index (χ1) is 5.95. The summed E-state index contributed by atoms with van der Waals surface area (Å²) in [5, 5.41) is 0. The molecule has 74 valence electrons. The second kappa shape index (κ2) is 6.16. The average Bonchev–Trinajstić information content (AvgIpc) is 2.06. The van der Waals surface area contributed by atoms with E-state index in [1.54, 1.807) is 18.2 Å². The smallest absolute Gasteiger partial charge is 0.150 e. The van der Waals surface area contributed by atoms with Crippen molar-refractivity contribution in [1.82, 2.24) is 0 Å². The lowest BCUT2D eigenvalue weighted by Gasteiger charge is -2.05. The monoisotopic (exact) mass is 218 g/mol. The van der Waals surface area contributed by atoms with E-state index >= 15 is 0 Å². The van der Waals surface area contributed by atoms with Crippen molar-refractivity contribution in [2.75, 3.05) is 0 Å². The second-order valence-electron chi connectivity index (χ2n) is 3.37. The standard InChI is InChI=1S/C6H5F.C4H11ClSi/c7-6-4-2-1-3-5-6;1-4-6(2,3)5/h1-5H;4H2,1-3H3. The van der Waals surface area contributed by atoms with Crippen molar-refractivity contribution in [1.29, 1.82) is 0 Å². The van der Waals surface area contributed by atoms with E-state index in [1.807, 2.05) is 0 Å². The Morgan fingerprint density at radius 1 is 1.23 bits per heavy atom. The van der Waals surface area contributed by atoms with Gasteiger partial charge in [-0.2, -0.15) is 11.1 Å². The SMILES string of the molecule is CC[Si](C)(C)Cl.Fc1ccccc1. The van der Waals surface area contributed by atoms with Crippen molar-refractivity contribution in [3.8, 4) is 0 Å². The van der Waals surface area contributed by atoms with Gasteiger partial charge >= 0.3 is 0 Å². The molecule has 0 aliphatic carbocycles. The molecule has 1 aromatic carbocycles. The highest BCUT2D eigenvalue weighted by atomic mass is 35.6. The summed E-state index contributed by atoms with van der Waals surface area (Å²) < 4.78 is 11.9.